The average molecular weight is 243 g/mol. The average Bonchev–Trinajstić information content (AvgIpc) is 2.18. The smallest absolute Gasteiger partial charge is 0.183 e. The van der Waals surface area contributed by atoms with Gasteiger partial charge in [-0.2, -0.15) is 5.26 Å². The van der Waals surface area contributed by atoms with Crippen molar-refractivity contribution in [2.45, 2.75) is 10.9 Å². The summed E-state index contributed by atoms with van der Waals surface area (Å²) >= 11 is 5.86. The summed E-state index contributed by atoms with van der Waals surface area (Å²) < 4.78 is 23.5. The molecule has 1 aromatic rings. The Hall–Kier alpha value is -1.25. The summed E-state index contributed by atoms with van der Waals surface area (Å²) in [7, 11) is -3.40. The van der Waals surface area contributed by atoms with Crippen LogP contribution >= 0.6 is 11.6 Å². The molecule has 0 bridgehead atoms. The Balaban J connectivity index is 2.67. The molecule has 4 nitrogen and oxygen atoms in total. The van der Waals surface area contributed by atoms with E-state index in [1.807, 2.05) is 6.07 Å². The van der Waals surface area contributed by atoms with Crippen molar-refractivity contribution >= 4 is 27.1 Å². The van der Waals surface area contributed by atoms with Gasteiger partial charge in [0.05, 0.1) is 27.4 Å². The van der Waals surface area contributed by atoms with E-state index in [1.54, 1.807) is 12.1 Å². The number of hydrogen-bond acceptors (Lipinski definition) is 4. The molecule has 0 fully saturated rings. The maximum absolute atomic E-state index is 11.7. The van der Waals surface area contributed by atoms with Crippen LogP contribution in [0.5, 0.6) is 0 Å². The van der Waals surface area contributed by atoms with Gasteiger partial charge >= 0.3 is 0 Å². The number of hydrogen-bond donors (Lipinski definition) is 1. The second-order valence-corrected chi connectivity index (χ2v) is 5.63. The summed E-state index contributed by atoms with van der Waals surface area (Å²) in [5, 5.41) is 11.8. The predicted octanol–water partition coefficient (Wildman–Crippen LogP) is 1.43. The summed E-state index contributed by atoms with van der Waals surface area (Å²) in [4.78, 5) is 0.168. The van der Waals surface area contributed by atoms with E-state index in [0.717, 1.165) is 0 Å². The largest absolute Gasteiger partial charge is 0.367 e. The molecule has 1 unspecified atom stereocenters. The first kappa shape index (κ1) is 10.3. The van der Waals surface area contributed by atoms with Crippen LogP contribution < -0.4 is 5.32 Å². The maximum atomic E-state index is 11.7. The first-order chi connectivity index (χ1) is 7.04. The highest BCUT2D eigenvalue weighted by Gasteiger charge is 2.30. The summed E-state index contributed by atoms with van der Waals surface area (Å²) in [5.74, 6) is -0.211. The minimum absolute atomic E-state index is 0.168. The fourth-order valence-electron chi connectivity index (χ4n) is 1.50. The van der Waals surface area contributed by atoms with Gasteiger partial charge in [-0.1, -0.05) is 17.7 Å². The van der Waals surface area contributed by atoms with E-state index in [1.165, 1.54) is 6.07 Å². The molecule has 1 atom stereocenters. The Morgan fingerprint density at radius 3 is 2.93 bits per heavy atom. The third kappa shape index (κ3) is 1.66. The minimum atomic E-state index is -3.40. The molecule has 0 aliphatic carbocycles. The molecule has 0 amide bonds. The lowest BCUT2D eigenvalue weighted by Crippen LogP contribution is -2.33. The van der Waals surface area contributed by atoms with Gasteiger partial charge in [0, 0.05) is 0 Å². The van der Waals surface area contributed by atoms with E-state index in [-0.39, 0.29) is 10.6 Å². The molecule has 1 N–H and O–H groups in total. The molecule has 0 aromatic heterocycles. The molecule has 6 heteroatoms. The van der Waals surface area contributed by atoms with Crippen LogP contribution in [0.1, 0.15) is 0 Å². The number of benzene rings is 1. The standard InChI is InChI=1S/C9H7ClN2O2S/c10-7-2-1-3-8-9(7)12-6(4-11)5-15(8,13)14/h1-3,6,12H,5H2. The summed E-state index contributed by atoms with van der Waals surface area (Å²) in [6.07, 6.45) is 0. The SMILES string of the molecule is N#CC1CS(=O)(=O)c2cccc(Cl)c2N1. The lowest BCUT2D eigenvalue weighted by Gasteiger charge is -2.22. The molecule has 0 spiro atoms. The number of rotatable bonds is 0. The van der Waals surface area contributed by atoms with Crippen LogP contribution in [0.15, 0.2) is 23.1 Å². The number of nitrogens with zero attached hydrogens (tertiary/aromatic N) is 1. The Bertz CT molecular complexity index is 548. The molecule has 1 aromatic carbocycles. The van der Waals surface area contributed by atoms with Crippen molar-refractivity contribution < 1.29 is 8.42 Å². The van der Waals surface area contributed by atoms with Crippen LogP contribution in [0.4, 0.5) is 5.69 Å². The van der Waals surface area contributed by atoms with Crippen molar-refractivity contribution in [2.75, 3.05) is 11.1 Å². The van der Waals surface area contributed by atoms with Gasteiger partial charge in [-0.05, 0) is 12.1 Å². The quantitative estimate of drug-likeness (QED) is 0.747. The molecule has 0 saturated carbocycles. The van der Waals surface area contributed by atoms with Crippen LogP contribution in [-0.2, 0) is 9.84 Å². The van der Waals surface area contributed by atoms with Gasteiger partial charge in [-0.25, -0.2) is 8.42 Å². The fraction of sp³-hybridized carbons (Fsp3) is 0.222. The highest BCUT2D eigenvalue weighted by Crippen LogP contribution is 2.34. The van der Waals surface area contributed by atoms with E-state index >= 15 is 0 Å². The highest BCUT2D eigenvalue weighted by atomic mass is 35.5. The number of halogens is 1. The van der Waals surface area contributed by atoms with E-state index in [4.69, 9.17) is 16.9 Å². The number of anilines is 1. The lowest BCUT2D eigenvalue weighted by molar-refractivity contribution is 0.591. The van der Waals surface area contributed by atoms with Gasteiger partial charge in [-0.3, -0.25) is 0 Å². The van der Waals surface area contributed by atoms with Crippen LogP contribution in [0.25, 0.3) is 0 Å². The zero-order chi connectivity index (χ0) is 11.1. The number of para-hydroxylation sites is 1. The topological polar surface area (TPSA) is 70.0 Å². The maximum Gasteiger partial charge on any atom is 0.183 e. The second-order valence-electron chi connectivity index (χ2n) is 3.22. The Morgan fingerprint density at radius 2 is 2.27 bits per heavy atom. The first-order valence-electron chi connectivity index (χ1n) is 4.22. The van der Waals surface area contributed by atoms with E-state index in [2.05, 4.69) is 5.32 Å². The van der Waals surface area contributed by atoms with Crippen molar-refractivity contribution in [3.63, 3.8) is 0 Å². The van der Waals surface area contributed by atoms with Crippen molar-refractivity contribution in [3.05, 3.63) is 23.2 Å². The van der Waals surface area contributed by atoms with Crippen molar-refractivity contribution in [1.29, 1.82) is 5.26 Å². The molecule has 78 valence electrons. The van der Waals surface area contributed by atoms with Crippen LogP contribution in [-0.4, -0.2) is 20.2 Å². The summed E-state index contributed by atoms with van der Waals surface area (Å²) in [6.45, 7) is 0. The van der Waals surface area contributed by atoms with E-state index in [9.17, 15) is 8.42 Å². The van der Waals surface area contributed by atoms with Crippen LogP contribution in [0.2, 0.25) is 5.02 Å². The molecule has 15 heavy (non-hydrogen) atoms. The second kappa shape index (κ2) is 3.40. The molecule has 1 aliphatic heterocycles. The molecular weight excluding hydrogens is 236 g/mol. The Labute approximate surface area is 92.4 Å². The van der Waals surface area contributed by atoms with Gasteiger partial charge < -0.3 is 5.32 Å². The summed E-state index contributed by atoms with van der Waals surface area (Å²) in [6, 6.07) is 5.79. The molecule has 2 rings (SSSR count). The Kier molecular flexibility index (Phi) is 2.33. The monoisotopic (exact) mass is 242 g/mol. The zero-order valence-corrected chi connectivity index (χ0v) is 9.14. The number of nitriles is 1. The van der Waals surface area contributed by atoms with E-state index in [0.29, 0.717) is 10.7 Å². The van der Waals surface area contributed by atoms with Gasteiger partial charge in [0.15, 0.2) is 9.84 Å². The fourth-order valence-corrected chi connectivity index (χ4v) is 3.33. The molecular formula is C9H7ClN2O2S. The Morgan fingerprint density at radius 1 is 1.53 bits per heavy atom. The normalized spacial score (nSPS) is 22.3. The zero-order valence-electron chi connectivity index (χ0n) is 7.57. The van der Waals surface area contributed by atoms with Gasteiger partial charge in [0.2, 0.25) is 0 Å². The molecule has 0 saturated heterocycles. The molecule has 1 heterocycles. The van der Waals surface area contributed by atoms with Crippen molar-refractivity contribution in [3.8, 4) is 6.07 Å². The van der Waals surface area contributed by atoms with Gasteiger partial charge in [-0.15, -0.1) is 0 Å². The van der Waals surface area contributed by atoms with Crippen LogP contribution in [0.3, 0.4) is 0 Å². The van der Waals surface area contributed by atoms with Crippen LogP contribution in [0, 0.1) is 11.3 Å². The minimum Gasteiger partial charge on any atom is -0.367 e. The third-order valence-electron chi connectivity index (χ3n) is 2.17. The van der Waals surface area contributed by atoms with Gasteiger partial charge in [0.25, 0.3) is 0 Å². The lowest BCUT2D eigenvalue weighted by atomic mass is 10.2. The number of sulfone groups is 1. The van der Waals surface area contributed by atoms with Gasteiger partial charge in [0.1, 0.15) is 6.04 Å². The number of fused-ring (bicyclic) bond motifs is 1. The predicted molar refractivity (Wildman–Crippen MR) is 56.5 cm³/mol. The first-order valence-corrected chi connectivity index (χ1v) is 6.25. The van der Waals surface area contributed by atoms with E-state index < -0.39 is 15.9 Å². The third-order valence-corrected chi connectivity index (χ3v) is 4.27. The van der Waals surface area contributed by atoms with Crippen molar-refractivity contribution in [1.82, 2.24) is 0 Å². The summed E-state index contributed by atoms with van der Waals surface area (Å²) in [5.41, 5.74) is 0.331. The van der Waals surface area contributed by atoms with Crippen molar-refractivity contribution in [2.24, 2.45) is 0 Å². The molecule has 0 radical (unpaired) electrons. The number of nitrogens with one attached hydrogen (secondary N) is 1. The highest BCUT2D eigenvalue weighted by molar-refractivity contribution is 7.91. The molecule has 1 aliphatic rings.